The highest BCUT2D eigenvalue weighted by atomic mass is 16.5. The molecule has 0 amide bonds. The summed E-state index contributed by atoms with van der Waals surface area (Å²) >= 11 is 0. The van der Waals surface area contributed by atoms with Gasteiger partial charge in [-0.3, -0.25) is 4.79 Å². The summed E-state index contributed by atoms with van der Waals surface area (Å²) in [5.41, 5.74) is 1.04. The molecule has 0 aliphatic carbocycles. The van der Waals surface area contributed by atoms with Crippen molar-refractivity contribution in [2.45, 2.75) is 39.7 Å². The number of hydrogen-bond donors (Lipinski definition) is 0. The van der Waals surface area contributed by atoms with Crippen LogP contribution in [0.25, 0.3) is 0 Å². The molecule has 0 saturated heterocycles. The molecular weight excluding hydrogens is 188 g/mol. The average Bonchev–Trinajstić information content (AvgIpc) is 2.17. The van der Waals surface area contributed by atoms with E-state index in [1.165, 1.54) is 0 Å². The third-order valence-electron chi connectivity index (χ3n) is 2.36. The molecule has 0 aliphatic heterocycles. The van der Waals surface area contributed by atoms with Crippen molar-refractivity contribution in [3.8, 4) is 5.75 Å². The van der Waals surface area contributed by atoms with Crippen LogP contribution >= 0.6 is 0 Å². The van der Waals surface area contributed by atoms with Crippen LogP contribution in [0.2, 0.25) is 0 Å². The molecule has 1 aromatic rings. The van der Waals surface area contributed by atoms with Crippen molar-refractivity contribution in [3.63, 3.8) is 0 Å². The van der Waals surface area contributed by atoms with E-state index in [9.17, 15) is 4.79 Å². The average molecular weight is 206 g/mol. The number of Topliss-reactive ketones (excluding diaryl/α,β-unsaturated/α-hetero) is 1. The Balaban J connectivity index is 2.76. The number of ether oxygens (including phenoxy) is 1. The Morgan fingerprint density at radius 1 is 1.13 bits per heavy atom. The highest BCUT2D eigenvalue weighted by Gasteiger charge is 2.10. The predicted molar refractivity (Wildman–Crippen MR) is 61.3 cm³/mol. The number of benzene rings is 1. The number of hydrogen-bond acceptors (Lipinski definition) is 2. The van der Waals surface area contributed by atoms with Crippen molar-refractivity contribution < 1.29 is 9.53 Å². The molecule has 0 aromatic heterocycles. The molecule has 0 N–H and O–H groups in total. The number of carbonyl (C=O) groups is 1. The molecule has 0 aliphatic rings. The van der Waals surface area contributed by atoms with Gasteiger partial charge in [0.05, 0.1) is 6.10 Å². The van der Waals surface area contributed by atoms with E-state index in [0.29, 0.717) is 0 Å². The van der Waals surface area contributed by atoms with Gasteiger partial charge < -0.3 is 4.74 Å². The first-order valence-corrected chi connectivity index (χ1v) is 5.27. The van der Waals surface area contributed by atoms with E-state index in [-0.39, 0.29) is 17.8 Å². The van der Waals surface area contributed by atoms with Crippen LogP contribution in [0.1, 0.15) is 39.2 Å². The zero-order valence-electron chi connectivity index (χ0n) is 9.78. The van der Waals surface area contributed by atoms with Gasteiger partial charge in [-0.2, -0.15) is 0 Å². The molecule has 2 nitrogen and oxygen atoms in total. The first kappa shape index (κ1) is 11.8. The van der Waals surface area contributed by atoms with Crippen molar-refractivity contribution in [1.29, 1.82) is 0 Å². The second-order valence-electron chi connectivity index (χ2n) is 4.07. The molecule has 1 aromatic carbocycles. The van der Waals surface area contributed by atoms with E-state index < -0.39 is 0 Å². The Labute approximate surface area is 91.3 Å². The number of carbonyl (C=O) groups excluding carboxylic acids is 1. The van der Waals surface area contributed by atoms with E-state index >= 15 is 0 Å². The van der Waals surface area contributed by atoms with Crippen LogP contribution in [-0.2, 0) is 4.79 Å². The van der Waals surface area contributed by atoms with Crippen LogP contribution < -0.4 is 4.74 Å². The molecule has 1 unspecified atom stereocenters. The standard InChI is InChI=1S/C13H18O2/c1-9(2)15-13-7-5-12(6-8-13)10(3)11(4)14/h5-10H,1-4H3. The second kappa shape index (κ2) is 4.96. The SMILES string of the molecule is CC(=O)C(C)c1ccc(OC(C)C)cc1. The van der Waals surface area contributed by atoms with Crippen molar-refractivity contribution in [3.05, 3.63) is 29.8 Å². The van der Waals surface area contributed by atoms with Gasteiger partial charge in [0.2, 0.25) is 0 Å². The lowest BCUT2D eigenvalue weighted by Crippen LogP contribution is -2.06. The van der Waals surface area contributed by atoms with E-state index in [0.717, 1.165) is 11.3 Å². The maximum Gasteiger partial charge on any atom is 0.136 e. The lowest BCUT2D eigenvalue weighted by atomic mass is 9.98. The van der Waals surface area contributed by atoms with Crippen molar-refractivity contribution in [2.75, 3.05) is 0 Å². The molecule has 15 heavy (non-hydrogen) atoms. The molecule has 0 radical (unpaired) electrons. The second-order valence-corrected chi connectivity index (χ2v) is 4.07. The molecule has 0 bridgehead atoms. The summed E-state index contributed by atoms with van der Waals surface area (Å²) < 4.78 is 5.52. The molecule has 82 valence electrons. The normalized spacial score (nSPS) is 12.6. The van der Waals surface area contributed by atoms with Gasteiger partial charge in [0.25, 0.3) is 0 Å². The van der Waals surface area contributed by atoms with Crippen LogP contribution in [0.3, 0.4) is 0 Å². The van der Waals surface area contributed by atoms with Gasteiger partial charge in [0, 0.05) is 5.92 Å². The van der Waals surface area contributed by atoms with Crippen LogP contribution in [0.4, 0.5) is 0 Å². The summed E-state index contributed by atoms with van der Waals surface area (Å²) in [7, 11) is 0. The Hall–Kier alpha value is -1.31. The fourth-order valence-electron chi connectivity index (χ4n) is 1.34. The van der Waals surface area contributed by atoms with Crippen molar-refractivity contribution >= 4 is 5.78 Å². The fourth-order valence-corrected chi connectivity index (χ4v) is 1.34. The third kappa shape index (κ3) is 3.39. The summed E-state index contributed by atoms with van der Waals surface area (Å²) in [5.74, 6) is 1.01. The summed E-state index contributed by atoms with van der Waals surface area (Å²) in [6.07, 6.45) is 0.182. The van der Waals surface area contributed by atoms with Crippen LogP contribution in [0.15, 0.2) is 24.3 Å². The zero-order chi connectivity index (χ0) is 11.4. The first-order chi connectivity index (χ1) is 7.00. The predicted octanol–water partition coefficient (Wildman–Crippen LogP) is 3.17. The summed E-state index contributed by atoms with van der Waals surface area (Å²) in [4.78, 5) is 11.2. The van der Waals surface area contributed by atoms with Gasteiger partial charge in [-0.05, 0) is 38.5 Å². The molecule has 0 saturated carbocycles. The van der Waals surface area contributed by atoms with Gasteiger partial charge in [0.15, 0.2) is 0 Å². The molecule has 0 fully saturated rings. The zero-order valence-corrected chi connectivity index (χ0v) is 9.78. The first-order valence-electron chi connectivity index (χ1n) is 5.27. The van der Waals surface area contributed by atoms with E-state index in [4.69, 9.17) is 4.74 Å². The minimum atomic E-state index is -0.0295. The lowest BCUT2D eigenvalue weighted by Gasteiger charge is -2.12. The quantitative estimate of drug-likeness (QED) is 0.756. The monoisotopic (exact) mass is 206 g/mol. The van der Waals surface area contributed by atoms with Gasteiger partial charge in [-0.15, -0.1) is 0 Å². The Kier molecular flexibility index (Phi) is 3.89. The van der Waals surface area contributed by atoms with Crippen LogP contribution in [-0.4, -0.2) is 11.9 Å². The highest BCUT2D eigenvalue weighted by molar-refractivity contribution is 5.82. The fraction of sp³-hybridized carbons (Fsp3) is 0.462. The van der Waals surface area contributed by atoms with Crippen molar-refractivity contribution in [2.24, 2.45) is 0 Å². The summed E-state index contributed by atoms with van der Waals surface area (Å²) in [6.45, 7) is 7.52. The minimum Gasteiger partial charge on any atom is -0.491 e. The number of rotatable bonds is 4. The molecule has 0 heterocycles. The molecule has 1 rings (SSSR count). The van der Waals surface area contributed by atoms with Gasteiger partial charge in [-0.25, -0.2) is 0 Å². The van der Waals surface area contributed by atoms with E-state index in [1.54, 1.807) is 6.92 Å². The summed E-state index contributed by atoms with van der Waals surface area (Å²) in [6, 6.07) is 7.72. The Morgan fingerprint density at radius 2 is 1.67 bits per heavy atom. The Bertz CT molecular complexity index is 325. The minimum absolute atomic E-state index is 0.0295. The Morgan fingerprint density at radius 3 is 2.07 bits per heavy atom. The smallest absolute Gasteiger partial charge is 0.136 e. The van der Waals surface area contributed by atoms with E-state index in [2.05, 4.69) is 0 Å². The maximum atomic E-state index is 11.2. The van der Waals surface area contributed by atoms with Crippen LogP contribution in [0.5, 0.6) is 5.75 Å². The van der Waals surface area contributed by atoms with Gasteiger partial charge in [-0.1, -0.05) is 19.1 Å². The molecule has 1 atom stereocenters. The third-order valence-corrected chi connectivity index (χ3v) is 2.36. The molecular formula is C13H18O2. The molecule has 0 spiro atoms. The topological polar surface area (TPSA) is 26.3 Å². The largest absolute Gasteiger partial charge is 0.491 e. The summed E-state index contributed by atoms with van der Waals surface area (Å²) in [5, 5.41) is 0. The molecule has 2 heteroatoms. The van der Waals surface area contributed by atoms with Crippen LogP contribution in [0, 0.1) is 0 Å². The van der Waals surface area contributed by atoms with Gasteiger partial charge >= 0.3 is 0 Å². The van der Waals surface area contributed by atoms with E-state index in [1.807, 2.05) is 45.0 Å². The van der Waals surface area contributed by atoms with Gasteiger partial charge in [0.1, 0.15) is 11.5 Å². The lowest BCUT2D eigenvalue weighted by molar-refractivity contribution is -0.118. The number of ketones is 1. The maximum absolute atomic E-state index is 11.2. The highest BCUT2D eigenvalue weighted by Crippen LogP contribution is 2.20. The van der Waals surface area contributed by atoms with Crippen molar-refractivity contribution in [1.82, 2.24) is 0 Å².